The summed E-state index contributed by atoms with van der Waals surface area (Å²) in [7, 11) is 0. The van der Waals surface area contributed by atoms with E-state index in [1.54, 1.807) is 0 Å². The van der Waals surface area contributed by atoms with Gasteiger partial charge in [0, 0.05) is 44.3 Å². The molecule has 0 aliphatic rings. The minimum absolute atomic E-state index is 0.908. The lowest BCUT2D eigenvalue weighted by Crippen LogP contribution is -2.09. The lowest BCUT2D eigenvalue weighted by Gasteiger charge is -2.26. The molecule has 15 aromatic rings. The van der Waals surface area contributed by atoms with Crippen molar-refractivity contribution in [3.8, 4) is 50.2 Å². The SMILES string of the molecule is c1ccc(-c2ccc(N(c3ccccc3)c3ccc(-c4ccc5c(c4)c4cc(-c6ccc(-c7ccc8oc9ccccc9c8c7)cc6)ccc4n5-c4ccc5c6ccccc6c6ccccc6c5c4)cc3)cc2)cc1. The zero-order valence-electron chi connectivity index (χ0n) is 40.9. The molecule has 0 bridgehead atoms. The first-order valence-electron chi connectivity index (χ1n) is 25.7. The van der Waals surface area contributed by atoms with E-state index in [9.17, 15) is 0 Å². The van der Waals surface area contributed by atoms with Gasteiger partial charge in [-0.1, -0.05) is 188 Å². The van der Waals surface area contributed by atoms with Crippen molar-refractivity contribution in [2.75, 3.05) is 4.90 Å². The number of nitrogens with zero attached hydrogens (tertiary/aromatic N) is 2. The van der Waals surface area contributed by atoms with Gasteiger partial charge < -0.3 is 13.9 Å². The van der Waals surface area contributed by atoms with Crippen molar-refractivity contribution in [1.82, 2.24) is 4.57 Å². The van der Waals surface area contributed by atoms with Crippen LogP contribution in [-0.4, -0.2) is 4.57 Å². The fourth-order valence-corrected chi connectivity index (χ4v) is 11.7. The highest BCUT2D eigenvalue weighted by Gasteiger charge is 2.19. The third-order valence-corrected chi connectivity index (χ3v) is 15.4. The first-order chi connectivity index (χ1) is 37.2. The summed E-state index contributed by atoms with van der Waals surface area (Å²) in [6.45, 7) is 0. The number of hydrogen-bond donors (Lipinski definition) is 0. The first kappa shape index (κ1) is 42.7. The molecule has 350 valence electrons. The van der Waals surface area contributed by atoms with Crippen molar-refractivity contribution in [2.45, 2.75) is 0 Å². The Morgan fingerprint density at radius 2 is 0.600 bits per heavy atom. The minimum Gasteiger partial charge on any atom is -0.456 e. The molecule has 0 saturated carbocycles. The van der Waals surface area contributed by atoms with Crippen LogP contribution in [0.25, 0.3) is 126 Å². The minimum atomic E-state index is 0.908. The van der Waals surface area contributed by atoms with Gasteiger partial charge in [-0.15, -0.1) is 0 Å². The third kappa shape index (κ3) is 7.20. The summed E-state index contributed by atoms with van der Waals surface area (Å²) in [6.07, 6.45) is 0. The Kier molecular flexibility index (Phi) is 9.89. The largest absolute Gasteiger partial charge is 0.456 e. The van der Waals surface area contributed by atoms with Crippen LogP contribution < -0.4 is 4.90 Å². The maximum atomic E-state index is 6.15. The molecule has 0 aliphatic heterocycles. The standard InChI is InChI=1S/C72H46N2O/c1-3-13-47(14-4-1)48-27-34-56(35-28-48)73(55-15-5-2-6-16-55)57-36-29-51(30-37-57)53-32-41-70-67(44-53)66-43-52(49-23-25-50(26-24-49)54-33-42-72-68(45-54)64-21-11-12-22-71(64)75-72)31-40-69(66)74(70)58-38-39-63-61-19-8-7-17-59(61)60-18-9-10-20-62(60)65(63)46-58/h1-46H. The second kappa shape index (κ2) is 17.4. The van der Waals surface area contributed by atoms with Gasteiger partial charge in [0.15, 0.2) is 0 Å². The number of aromatic nitrogens is 1. The van der Waals surface area contributed by atoms with Gasteiger partial charge in [-0.2, -0.15) is 0 Å². The van der Waals surface area contributed by atoms with Crippen LogP contribution in [0.2, 0.25) is 0 Å². The van der Waals surface area contributed by atoms with Crippen LogP contribution in [0.3, 0.4) is 0 Å². The monoisotopic (exact) mass is 954 g/mol. The number of anilines is 3. The van der Waals surface area contributed by atoms with Crippen LogP contribution in [0, 0.1) is 0 Å². The number of fused-ring (bicyclic) bond motifs is 12. The van der Waals surface area contributed by atoms with Crippen LogP contribution in [0.15, 0.2) is 283 Å². The lowest BCUT2D eigenvalue weighted by molar-refractivity contribution is 0.669. The summed E-state index contributed by atoms with van der Waals surface area (Å²) < 4.78 is 8.62. The summed E-state index contributed by atoms with van der Waals surface area (Å²) in [5.41, 5.74) is 18.0. The van der Waals surface area contributed by atoms with Crippen molar-refractivity contribution in [1.29, 1.82) is 0 Å². The Morgan fingerprint density at radius 3 is 1.16 bits per heavy atom. The van der Waals surface area contributed by atoms with Crippen LogP contribution in [-0.2, 0) is 0 Å². The second-order valence-electron chi connectivity index (χ2n) is 19.6. The van der Waals surface area contributed by atoms with Gasteiger partial charge in [0.05, 0.1) is 11.0 Å². The Labute approximate surface area is 434 Å². The summed E-state index contributed by atoms with van der Waals surface area (Å²) in [5.74, 6) is 0. The number of rotatable bonds is 8. The summed E-state index contributed by atoms with van der Waals surface area (Å²) in [4.78, 5) is 2.33. The fraction of sp³-hybridized carbons (Fsp3) is 0. The molecule has 3 heteroatoms. The Bertz CT molecular complexity index is 4630. The fourth-order valence-electron chi connectivity index (χ4n) is 11.7. The van der Waals surface area contributed by atoms with Gasteiger partial charge >= 0.3 is 0 Å². The van der Waals surface area contributed by atoms with Crippen LogP contribution in [0.1, 0.15) is 0 Å². The number of para-hydroxylation sites is 2. The lowest BCUT2D eigenvalue weighted by atomic mass is 9.94. The molecule has 13 aromatic carbocycles. The topological polar surface area (TPSA) is 21.3 Å². The molecule has 0 unspecified atom stereocenters. The normalized spacial score (nSPS) is 11.7. The molecular weight excluding hydrogens is 909 g/mol. The zero-order valence-corrected chi connectivity index (χ0v) is 40.9. The van der Waals surface area contributed by atoms with Crippen LogP contribution in [0.5, 0.6) is 0 Å². The summed E-state index contributed by atoms with van der Waals surface area (Å²) in [5, 5.41) is 12.3. The Balaban J connectivity index is 0.850. The van der Waals surface area contributed by atoms with E-state index in [4.69, 9.17) is 4.42 Å². The van der Waals surface area contributed by atoms with Crippen molar-refractivity contribution < 1.29 is 4.42 Å². The highest BCUT2D eigenvalue weighted by molar-refractivity contribution is 6.26. The van der Waals surface area contributed by atoms with Crippen LogP contribution in [0.4, 0.5) is 17.1 Å². The molecule has 0 amide bonds. The zero-order chi connectivity index (χ0) is 49.4. The van der Waals surface area contributed by atoms with Crippen molar-refractivity contribution in [3.05, 3.63) is 279 Å². The van der Waals surface area contributed by atoms with Crippen molar-refractivity contribution >= 4 is 93.1 Å². The van der Waals surface area contributed by atoms with E-state index in [2.05, 4.69) is 276 Å². The van der Waals surface area contributed by atoms with E-state index in [1.807, 2.05) is 12.1 Å². The smallest absolute Gasteiger partial charge is 0.135 e. The first-order valence-corrected chi connectivity index (χ1v) is 25.7. The van der Waals surface area contributed by atoms with Gasteiger partial charge in [0.2, 0.25) is 0 Å². The highest BCUT2D eigenvalue weighted by Crippen LogP contribution is 2.42. The van der Waals surface area contributed by atoms with E-state index < -0.39 is 0 Å². The second-order valence-corrected chi connectivity index (χ2v) is 19.6. The third-order valence-electron chi connectivity index (χ3n) is 15.4. The molecule has 0 aliphatic carbocycles. The molecule has 2 aromatic heterocycles. The molecule has 0 fully saturated rings. The van der Waals surface area contributed by atoms with Gasteiger partial charge in [0.25, 0.3) is 0 Å². The summed E-state index contributed by atoms with van der Waals surface area (Å²) in [6, 6.07) is 102. The molecule has 3 nitrogen and oxygen atoms in total. The van der Waals surface area contributed by atoms with E-state index in [0.29, 0.717) is 0 Å². The molecule has 2 heterocycles. The molecule has 15 rings (SSSR count). The molecular formula is C72H46N2O. The molecule has 0 radical (unpaired) electrons. The maximum absolute atomic E-state index is 6.15. The molecule has 0 spiro atoms. The predicted molar refractivity (Wildman–Crippen MR) is 317 cm³/mol. The van der Waals surface area contributed by atoms with Gasteiger partial charge in [0.1, 0.15) is 11.2 Å². The number of hydrogen-bond acceptors (Lipinski definition) is 2. The van der Waals surface area contributed by atoms with E-state index in [-0.39, 0.29) is 0 Å². The van der Waals surface area contributed by atoms with Gasteiger partial charge in [-0.05, 0) is 168 Å². The maximum Gasteiger partial charge on any atom is 0.135 e. The van der Waals surface area contributed by atoms with Crippen molar-refractivity contribution in [2.24, 2.45) is 0 Å². The number of benzene rings is 13. The van der Waals surface area contributed by atoms with Crippen molar-refractivity contribution in [3.63, 3.8) is 0 Å². The van der Waals surface area contributed by atoms with Gasteiger partial charge in [-0.25, -0.2) is 0 Å². The molecule has 75 heavy (non-hydrogen) atoms. The molecule has 0 N–H and O–H groups in total. The average molecular weight is 955 g/mol. The highest BCUT2D eigenvalue weighted by atomic mass is 16.3. The van der Waals surface area contributed by atoms with Gasteiger partial charge in [-0.3, -0.25) is 0 Å². The van der Waals surface area contributed by atoms with Crippen LogP contribution >= 0.6 is 0 Å². The van der Waals surface area contributed by atoms with E-state index >= 15 is 0 Å². The van der Waals surface area contributed by atoms with E-state index in [0.717, 1.165) is 50.3 Å². The Hall–Kier alpha value is -9.96. The Morgan fingerprint density at radius 1 is 0.227 bits per heavy atom. The quantitative estimate of drug-likeness (QED) is 0.142. The predicted octanol–water partition coefficient (Wildman–Crippen LogP) is 20.3. The molecule has 0 saturated heterocycles. The van der Waals surface area contributed by atoms with E-state index in [1.165, 1.54) is 93.1 Å². The summed E-state index contributed by atoms with van der Waals surface area (Å²) >= 11 is 0. The number of furan rings is 1. The average Bonchev–Trinajstić information content (AvgIpc) is 4.07. The molecule has 0 atom stereocenters.